The third kappa shape index (κ3) is 3.30. The van der Waals surface area contributed by atoms with E-state index in [4.69, 9.17) is 9.57 Å². The van der Waals surface area contributed by atoms with E-state index < -0.39 is 28.9 Å². The molecule has 39 heavy (non-hydrogen) atoms. The number of carbonyl (C=O) groups excluding carboxylic acids is 3. The number of amides is 1. The van der Waals surface area contributed by atoms with Gasteiger partial charge in [0.25, 0.3) is 0 Å². The standard InChI is InChI=1S/C29H25N3O7/c1-29-13-16-21(17(12-19(29)31-39-3)32(29)20(33)11-14-7-9-30-10-8-14)27(36)24-23(26(16)35)25(34)15-5-4-6-18(38-2)22(15)28(24)37/h4-10,17,35-36H,11-13H2,1-3H3/b31-19+. The van der Waals surface area contributed by atoms with Gasteiger partial charge in [0.05, 0.1) is 47.5 Å². The molecule has 2 aliphatic heterocycles. The summed E-state index contributed by atoms with van der Waals surface area (Å²) in [5.41, 5.74) is 0.405. The Labute approximate surface area is 223 Å². The summed E-state index contributed by atoms with van der Waals surface area (Å²) in [6, 6.07) is 7.38. The average molecular weight is 528 g/mol. The number of ketones is 2. The first-order valence-electron chi connectivity index (χ1n) is 12.4. The van der Waals surface area contributed by atoms with E-state index in [1.165, 1.54) is 20.3 Å². The van der Waals surface area contributed by atoms with Gasteiger partial charge in [-0.2, -0.15) is 0 Å². The molecule has 1 aliphatic carbocycles. The van der Waals surface area contributed by atoms with Crippen LogP contribution < -0.4 is 4.74 Å². The highest BCUT2D eigenvalue weighted by Crippen LogP contribution is 2.56. The van der Waals surface area contributed by atoms with Gasteiger partial charge in [-0.05, 0) is 30.7 Å². The lowest BCUT2D eigenvalue weighted by Gasteiger charge is -2.44. The molecule has 10 nitrogen and oxygen atoms in total. The number of aromatic hydroxyl groups is 2. The Morgan fingerprint density at radius 1 is 1.08 bits per heavy atom. The number of rotatable bonds is 4. The maximum absolute atomic E-state index is 13.8. The summed E-state index contributed by atoms with van der Waals surface area (Å²) >= 11 is 0. The molecular weight excluding hydrogens is 502 g/mol. The van der Waals surface area contributed by atoms with Crippen molar-refractivity contribution in [1.82, 2.24) is 9.88 Å². The minimum atomic E-state index is -1.00. The van der Waals surface area contributed by atoms with Gasteiger partial charge < -0.3 is 24.7 Å². The molecule has 3 aliphatic rings. The summed E-state index contributed by atoms with van der Waals surface area (Å²) in [6.45, 7) is 1.82. The first kappa shape index (κ1) is 24.6. The normalized spacial score (nSPS) is 21.9. The second-order valence-electron chi connectivity index (χ2n) is 10.1. The minimum Gasteiger partial charge on any atom is -0.507 e. The number of methoxy groups -OCH3 is 1. The molecule has 0 saturated carbocycles. The Balaban J connectivity index is 1.55. The number of oxime groups is 1. The van der Waals surface area contributed by atoms with E-state index in [1.54, 1.807) is 41.6 Å². The molecule has 2 unspecified atom stereocenters. The van der Waals surface area contributed by atoms with E-state index in [0.29, 0.717) is 11.3 Å². The summed E-state index contributed by atoms with van der Waals surface area (Å²) in [7, 11) is 2.79. The molecule has 1 amide bonds. The summed E-state index contributed by atoms with van der Waals surface area (Å²) < 4.78 is 5.33. The summed E-state index contributed by atoms with van der Waals surface area (Å²) in [6.07, 6.45) is 3.56. The van der Waals surface area contributed by atoms with Gasteiger partial charge in [0, 0.05) is 41.9 Å². The van der Waals surface area contributed by atoms with Crippen molar-refractivity contribution in [3.8, 4) is 17.2 Å². The third-order valence-electron chi connectivity index (χ3n) is 8.04. The zero-order chi connectivity index (χ0) is 27.6. The van der Waals surface area contributed by atoms with Crippen LogP contribution in [0.4, 0.5) is 0 Å². The van der Waals surface area contributed by atoms with E-state index >= 15 is 0 Å². The number of pyridine rings is 1. The highest BCUT2D eigenvalue weighted by Gasteiger charge is 2.57. The number of phenolic OH excluding ortho intramolecular Hbond substituents is 2. The number of hydrogen-bond acceptors (Lipinski definition) is 9. The Hall–Kier alpha value is -4.73. The lowest BCUT2D eigenvalue weighted by atomic mass is 9.76. The van der Waals surface area contributed by atoms with Crippen LogP contribution in [0.5, 0.6) is 17.2 Å². The number of nitrogens with zero attached hydrogens (tertiary/aromatic N) is 3. The fourth-order valence-corrected chi connectivity index (χ4v) is 6.35. The summed E-state index contributed by atoms with van der Waals surface area (Å²) in [5, 5.41) is 27.4. The van der Waals surface area contributed by atoms with Gasteiger partial charge in [0.15, 0.2) is 5.78 Å². The van der Waals surface area contributed by atoms with Crippen LogP contribution in [0.25, 0.3) is 0 Å². The number of hydrogen-bond donors (Lipinski definition) is 2. The van der Waals surface area contributed by atoms with Crippen molar-refractivity contribution in [3.63, 3.8) is 0 Å². The number of benzene rings is 2. The minimum absolute atomic E-state index is 0.0199. The highest BCUT2D eigenvalue weighted by molar-refractivity contribution is 6.31. The molecule has 2 bridgehead atoms. The Morgan fingerprint density at radius 3 is 2.49 bits per heavy atom. The van der Waals surface area contributed by atoms with Gasteiger partial charge in [-0.3, -0.25) is 19.4 Å². The quantitative estimate of drug-likeness (QED) is 0.305. The Bertz CT molecular complexity index is 1620. The van der Waals surface area contributed by atoms with Crippen LogP contribution in [0.3, 0.4) is 0 Å². The fourth-order valence-electron chi connectivity index (χ4n) is 6.35. The Kier molecular flexibility index (Phi) is 5.46. The molecule has 2 N–H and O–H groups in total. The largest absolute Gasteiger partial charge is 0.507 e. The van der Waals surface area contributed by atoms with Crippen molar-refractivity contribution >= 4 is 23.2 Å². The van der Waals surface area contributed by atoms with Crippen molar-refractivity contribution in [2.24, 2.45) is 5.16 Å². The molecule has 2 atom stereocenters. The van der Waals surface area contributed by atoms with Crippen LogP contribution >= 0.6 is 0 Å². The molecule has 1 saturated heterocycles. The van der Waals surface area contributed by atoms with E-state index in [0.717, 1.165) is 5.56 Å². The number of ether oxygens (including phenoxy) is 1. The fraction of sp³-hybridized carbons (Fsp3) is 0.276. The number of phenols is 2. The highest BCUT2D eigenvalue weighted by atomic mass is 16.6. The zero-order valence-corrected chi connectivity index (χ0v) is 21.5. The van der Waals surface area contributed by atoms with E-state index in [9.17, 15) is 24.6 Å². The number of fused-ring (bicyclic) bond motifs is 6. The van der Waals surface area contributed by atoms with Crippen molar-refractivity contribution < 1.29 is 34.2 Å². The molecular formula is C29H25N3O7. The molecule has 3 aromatic rings. The van der Waals surface area contributed by atoms with E-state index in [-0.39, 0.29) is 64.5 Å². The maximum Gasteiger partial charge on any atom is 0.228 e. The maximum atomic E-state index is 13.8. The van der Waals surface area contributed by atoms with Crippen molar-refractivity contribution in [2.45, 2.75) is 37.8 Å². The molecule has 2 aromatic carbocycles. The van der Waals surface area contributed by atoms with Crippen LogP contribution in [0.15, 0.2) is 47.9 Å². The van der Waals surface area contributed by atoms with Crippen molar-refractivity contribution in [2.75, 3.05) is 14.2 Å². The van der Waals surface area contributed by atoms with Gasteiger partial charge >= 0.3 is 0 Å². The first-order chi connectivity index (χ1) is 18.7. The van der Waals surface area contributed by atoms with Gasteiger partial charge in [-0.1, -0.05) is 17.3 Å². The van der Waals surface area contributed by atoms with Crippen LogP contribution in [0.1, 0.15) is 67.9 Å². The summed E-state index contributed by atoms with van der Waals surface area (Å²) in [4.78, 5) is 51.9. The van der Waals surface area contributed by atoms with Crippen LogP contribution in [0.2, 0.25) is 0 Å². The van der Waals surface area contributed by atoms with E-state index in [2.05, 4.69) is 10.1 Å². The molecule has 10 heteroatoms. The van der Waals surface area contributed by atoms with Gasteiger partial charge in [0.1, 0.15) is 24.4 Å². The van der Waals surface area contributed by atoms with E-state index in [1.807, 2.05) is 6.92 Å². The number of aromatic nitrogens is 1. The second-order valence-corrected chi connectivity index (χ2v) is 10.1. The molecule has 6 rings (SSSR count). The first-order valence-corrected chi connectivity index (χ1v) is 12.4. The number of carbonyl (C=O) groups is 3. The summed E-state index contributed by atoms with van der Waals surface area (Å²) in [5.74, 6) is -2.08. The second kappa shape index (κ2) is 8.65. The average Bonchev–Trinajstić information content (AvgIpc) is 3.13. The SMILES string of the molecule is CO/N=C1\CC2c3c(O)c4c(c(O)c3CC1(C)N2C(=O)Cc1ccncc1)C(=O)c1cccc(OC)c1C4=O. The molecule has 0 radical (unpaired) electrons. The van der Waals surface area contributed by atoms with Crippen LogP contribution in [-0.2, 0) is 22.5 Å². The van der Waals surface area contributed by atoms with Crippen LogP contribution in [-0.4, -0.2) is 63.0 Å². The Morgan fingerprint density at radius 2 is 1.79 bits per heavy atom. The predicted molar refractivity (Wildman–Crippen MR) is 138 cm³/mol. The van der Waals surface area contributed by atoms with Crippen LogP contribution in [0, 0.1) is 0 Å². The monoisotopic (exact) mass is 527 g/mol. The molecule has 0 spiro atoms. The topological polar surface area (TPSA) is 139 Å². The predicted octanol–water partition coefficient (Wildman–Crippen LogP) is 3.11. The van der Waals surface area contributed by atoms with Crippen molar-refractivity contribution in [1.29, 1.82) is 0 Å². The molecule has 198 valence electrons. The third-order valence-corrected chi connectivity index (χ3v) is 8.04. The molecule has 3 heterocycles. The zero-order valence-electron chi connectivity index (χ0n) is 21.5. The van der Waals surface area contributed by atoms with Gasteiger partial charge in [0.2, 0.25) is 11.7 Å². The smallest absolute Gasteiger partial charge is 0.228 e. The van der Waals surface area contributed by atoms with Gasteiger partial charge in [-0.25, -0.2) is 0 Å². The lowest BCUT2D eigenvalue weighted by Crippen LogP contribution is -2.54. The molecule has 1 aromatic heterocycles. The lowest BCUT2D eigenvalue weighted by molar-refractivity contribution is -0.136. The van der Waals surface area contributed by atoms with Gasteiger partial charge in [-0.15, -0.1) is 0 Å². The molecule has 1 fully saturated rings. The van der Waals surface area contributed by atoms with Crippen molar-refractivity contribution in [3.05, 3.63) is 81.7 Å².